The number of nitrogens with zero attached hydrogens (tertiary/aromatic N) is 3. The third kappa shape index (κ3) is 10.8. The minimum Gasteiger partial charge on any atom is -0.339 e. The third-order valence-electron chi connectivity index (χ3n) is 8.66. The molecule has 2 amide bonds. The Balaban J connectivity index is 1.05. The number of aromatic nitrogens is 2. The van der Waals surface area contributed by atoms with Gasteiger partial charge in [-0.3, -0.25) is 14.7 Å². The van der Waals surface area contributed by atoms with Crippen molar-refractivity contribution in [3.63, 3.8) is 0 Å². The SMILES string of the molecule is CCCCCCCC/C=C/CCCCCCCC(=O)N1CCN(C(=O)c2ccc(/C=C/c3n[nH]c4ccccc34)cc2)CC1. The van der Waals surface area contributed by atoms with Crippen molar-refractivity contribution in [3.05, 3.63) is 77.5 Å². The molecule has 0 radical (unpaired) electrons. The van der Waals surface area contributed by atoms with Crippen LogP contribution in [0.2, 0.25) is 0 Å². The van der Waals surface area contributed by atoms with Crippen LogP contribution in [-0.2, 0) is 4.79 Å². The van der Waals surface area contributed by atoms with Crippen LogP contribution in [0.15, 0.2) is 60.7 Å². The molecular weight excluding hydrogens is 544 g/mol. The van der Waals surface area contributed by atoms with Crippen molar-refractivity contribution in [2.75, 3.05) is 26.2 Å². The van der Waals surface area contributed by atoms with Crippen LogP contribution < -0.4 is 0 Å². The van der Waals surface area contributed by atoms with Gasteiger partial charge in [0.15, 0.2) is 0 Å². The molecule has 1 aromatic heterocycles. The molecule has 2 heterocycles. The van der Waals surface area contributed by atoms with Gasteiger partial charge >= 0.3 is 0 Å². The largest absolute Gasteiger partial charge is 0.339 e. The molecule has 6 heteroatoms. The van der Waals surface area contributed by atoms with Crippen molar-refractivity contribution in [2.45, 2.75) is 96.8 Å². The van der Waals surface area contributed by atoms with Crippen LogP contribution in [0.4, 0.5) is 0 Å². The minimum atomic E-state index is 0.0307. The molecule has 0 aliphatic carbocycles. The Morgan fingerprint density at radius 2 is 1.34 bits per heavy atom. The number of rotatable bonds is 18. The molecule has 1 saturated heterocycles. The maximum Gasteiger partial charge on any atom is 0.253 e. The second-order valence-electron chi connectivity index (χ2n) is 12.1. The van der Waals surface area contributed by atoms with E-state index in [-0.39, 0.29) is 11.8 Å². The summed E-state index contributed by atoms with van der Waals surface area (Å²) in [5.41, 5.74) is 3.60. The van der Waals surface area contributed by atoms with Gasteiger partial charge in [-0.2, -0.15) is 5.10 Å². The zero-order valence-corrected chi connectivity index (χ0v) is 26.8. The Hall–Kier alpha value is -3.67. The average molecular weight is 597 g/mol. The topological polar surface area (TPSA) is 69.3 Å². The summed E-state index contributed by atoms with van der Waals surface area (Å²) < 4.78 is 0. The van der Waals surface area contributed by atoms with Gasteiger partial charge in [0.1, 0.15) is 0 Å². The molecule has 4 rings (SSSR count). The van der Waals surface area contributed by atoms with Gasteiger partial charge in [0, 0.05) is 43.5 Å². The lowest BCUT2D eigenvalue weighted by Gasteiger charge is -2.35. The van der Waals surface area contributed by atoms with Gasteiger partial charge in [-0.05, 0) is 61.9 Å². The van der Waals surface area contributed by atoms with E-state index >= 15 is 0 Å². The van der Waals surface area contributed by atoms with Gasteiger partial charge in [0.05, 0.1) is 11.2 Å². The monoisotopic (exact) mass is 596 g/mol. The molecule has 0 unspecified atom stereocenters. The Labute approximate surface area is 264 Å². The van der Waals surface area contributed by atoms with Gasteiger partial charge in [-0.15, -0.1) is 0 Å². The first-order valence-electron chi connectivity index (χ1n) is 17.1. The molecule has 0 atom stereocenters. The Morgan fingerprint density at radius 1 is 0.727 bits per heavy atom. The summed E-state index contributed by atoms with van der Waals surface area (Å²) in [5, 5.41) is 8.52. The first kappa shape index (κ1) is 33.2. The van der Waals surface area contributed by atoms with E-state index in [1.54, 1.807) is 0 Å². The first-order valence-corrected chi connectivity index (χ1v) is 17.1. The highest BCUT2D eigenvalue weighted by molar-refractivity contribution is 5.95. The van der Waals surface area contributed by atoms with Crippen LogP contribution in [0.3, 0.4) is 0 Å². The fraction of sp³-hybridized carbons (Fsp3) is 0.500. The van der Waals surface area contributed by atoms with Crippen LogP contribution in [0.25, 0.3) is 23.1 Å². The van der Waals surface area contributed by atoms with Crippen molar-refractivity contribution in [2.24, 2.45) is 0 Å². The van der Waals surface area contributed by atoms with Gasteiger partial charge in [0.2, 0.25) is 5.91 Å². The molecule has 3 aromatic rings. The number of carbonyl (C=O) groups is 2. The normalized spacial score (nSPS) is 13.9. The highest BCUT2D eigenvalue weighted by Crippen LogP contribution is 2.19. The molecule has 1 aliphatic heterocycles. The maximum absolute atomic E-state index is 13.1. The smallest absolute Gasteiger partial charge is 0.253 e. The third-order valence-corrected chi connectivity index (χ3v) is 8.66. The molecule has 6 nitrogen and oxygen atoms in total. The molecule has 0 spiro atoms. The fourth-order valence-electron chi connectivity index (χ4n) is 5.87. The molecule has 44 heavy (non-hydrogen) atoms. The first-order chi connectivity index (χ1) is 21.7. The van der Waals surface area contributed by atoms with E-state index in [1.807, 2.05) is 70.5 Å². The number of fused-ring (bicyclic) bond motifs is 1. The lowest BCUT2D eigenvalue weighted by Crippen LogP contribution is -2.50. The quantitative estimate of drug-likeness (QED) is 0.118. The Morgan fingerprint density at radius 3 is 2.05 bits per heavy atom. The van der Waals surface area contributed by atoms with Gasteiger partial charge < -0.3 is 9.80 Å². The second kappa shape index (κ2) is 18.9. The number of para-hydroxylation sites is 1. The van der Waals surface area contributed by atoms with Crippen LogP contribution in [0.5, 0.6) is 0 Å². The lowest BCUT2D eigenvalue weighted by atomic mass is 10.1. The van der Waals surface area contributed by atoms with E-state index in [9.17, 15) is 9.59 Å². The van der Waals surface area contributed by atoms with Crippen molar-refractivity contribution in [1.82, 2.24) is 20.0 Å². The van der Waals surface area contributed by atoms with Gasteiger partial charge in [-0.1, -0.05) is 107 Å². The predicted octanol–water partition coefficient (Wildman–Crippen LogP) is 9.06. The number of nitrogens with one attached hydrogen (secondary N) is 1. The number of unbranched alkanes of at least 4 members (excludes halogenated alkanes) is 11. The highest BCUT2D eigenvalue weighted by atomic mass is 16.2. The number of amides is 2. The van der Waals surface area contributed by atoms with Crippen LogP contribution in [-0.4, -0.2) is 58.0 Å². The van der Waals surface area contributed by atoms with E-state index in [1.165, 1.54) is 70.6 Å². The van der Waals surface area contributed by atoms with Crippen molar-refractivity contribution in [1.29, 1.82) is 0 Å². The van der Waals surface area contributed by atoms with E-state index in [4.69, 9.17) is 0 Å². The zero-order chi connectivity index (χ0) is 30.8. The van der Waals surface area contributed by atoms with Crippen molar-refractivity contribution >= 4 is 34.9 Å². The summed E-state index contributed by atoms with van der Waals surface area (Å²) in [4.78, 5) is 29.6. The van der Waals surface area contributed by atoms with Crippen molar-refractivity contribution < 1.29 is 9.59 Å². The molecule has 0 saturated carbocycles. The summed E-state index contributed by atoms with van der Waals surface area (Å²) in [5.74, 6) is 0.263. The lowest BCUT2D eigenvalue weighted by molar-refractivity contribution is -0.132. The number of aromatic amines is 1. The van der Waals surface area contributed by atoms with Crippen LogP contribution in [0.1, 0.15) is 118 Å². The summed E-state index contributed by atoms with van der Waals surface area (Å²) in [6.45, 7) is 4.68. The number of hydrogen-bond donors (Lipinski definition) is 1. The average Bonchev–Trinajstić information content (AvgIpc) is 3.48. The molecular formula is C38H52N4O2. The maximum atomic E-state index is 13.1. The molecule has 1 N–H and O–H groups in total. The molecule has 2 aromatic carbocycles. The molecule has 1 aliphatic rings. The minimum absolute atomic E-state index is 0.0307. The standard InChI is InChI=1S/C38H52N4O2/c1-2-3-4-5-6-7-8-9-10-11-12-13-14-15-16-21-37(43)41-28-30-42(31-29-41)38(44)33-25-22-32(23-26-33)24-27-36-34-19-17-18-20-35(34)39-40-36/h9-10,17-20,22-27H,2-8,11-16,21,28-31H2,1H3,(H,39,40)/b10-9+,27-24+. The number of H-pyrrole nitrogens is 1. The van der Waals surface area contributed by atoms with E-state index in [0.717, 1.165) is 35.0 Å². The van der Waals surface area contributed by atoms with Crippen LogP contribution in [0, 0.1) is 0 Å². The molecule has 236 valence electrons. The van der Waals surface area contributed by atoms with Gasteiger partial charge in [0.25, 0.3) is 5.91 Å². The van der Waals surface area contributed by atoms with E-state index < -0.39 is 0 Å². The number of allylic oxidation sites excluding steroid dienone is 2. The Kier molecular flexibility index (Phi) is 14.3. The second-order valence-corrected chi connectivity index (χ2v) is 12.1. The highest BCUT2D eigenvalue weighted by Gasteiger charge is 2.24. The summed E-state index contributed by atoms with van der Waals surface area (Å²) in [7, 11) is 0. The van der Waals surface area contributed by atoms with Gasteiger partial charge in [-0.25, -0.2) is 0 Å². The van der Waals surface area contributed by atoms with E-state index in [2.05, 4.69) is 29.3 Å². The van der Waals surface area contributed by atoms with Crippen molar-refractivity contribution in [3.8, 4) is 0 Å². The molecule has 0 bridgehead atoms. The molecule has 1 fully saturated rings. The van der Waals surface area contributed by atoms with E-state index in [0.29, 0.717) is 38.2 Å². The fourth-order valence-corrected chi connectivity index (χ4v) is 5.87. The zero-order valence-electron chi connectivity index (χ0n) is 26.8. The Bertz CT molecular complexity index is 1330. The number of piperazine rings is 1. The summed E-state index contributed by atoms with van der Waals surface area (Å²) >= 11 is 0. The number of hydrogen-bond acceptors (Lipinski definition) is 3. The van der Waals surface area contributed by atoms with Crippen LogP contribution >= 0.6 is 0 Å². The summed E-state index contributed by atoms with van der Waals surface area (Å²) in [6.07, 6.45) is 25.7. The summed E-state index contributed by atoms with van der Waals surface area (Å²) in [6, 6.07) is 15.7. The predicted molar refractivity (Wildman–Crippen MR) is 183 cm³/mol. The number of benzene rings is 2. The number of carbonyl (C=O) groups excluding carboxylic acids is 2.